The van der Waals surface area contributed by atoms with E-state index in [0.29, 0.717) is 16.9 Å². The van der Waals surface area contributed by atoms with Crippen molar-refractivity contribution in [3.63, 3.8) is 0 Å². The van der Waals surface area contributed by atoms with Crippen LogP contribution in [0, 0.1) is 17.2 Å². The van der Waals surface area contributed by atoms with Gasteiger partial charge in [0.05, 0.1) is 24.4 Å². The lowest BCUT2D eigenvalue weighted by Crippen LogP contribution is -2.55. The van der Waals surface area contributed by atoms with Gasteiger partial charge in [-0.25, -0.2) is 8.78 Å². The predicted molar refractivity (Wildman–Crippen MR) is 118 cm³/mol. The summed E-state index contributed by atoms with van der Waals surface area (Å²) in [6, 6.07) is 9.90. The van der Waals surface area contributed by atoms with Crippen LogP contribution < -0.4 is 10.1 Å². The number of rotatable bonds is 7. The van der Waals surface area contributed by atoms with Crippen LogP contribution in [0.25, 0.3) is 11.3 Å². The maximum atomic E-state index is 14.7. The van der Waals surface area contributed by atoms with Crippen LogP contribution in [0.3, 0.4) is 0 Å². The molecule has 4 rings (SSSR count). The molecule has 2 amide bonds. The highest BCUT2D eigenvalue weighted by Gasteiger charge is 2.47. The number of aromatic nitrogens is 1. The van der Waals surface area contributed by atoms with E-state index in [2.05, 4.69) is 10.3 Å². The maximum absolute atomic E-state index is 14.7. The number of hydrogen-bond acceptors (Lipinski definition) is 6. The van der Waals surface area contributed by atoms with Crippen LogP contribution in [-0.2, 0) is 9.59 Å². The highest BCUT2D eigenvalue weighted by Crippen LogP contribution is 2.34. The maximum Gasteiger partial charge on any atom is 0.301 e. The SMILES string of the molecule is N#Cc1cc(-c2cc(NC(=O)C3CC3)ccn2)ccc1O[C@H]1CCN(C(=O)CCO)CC1(F)F. The first-order chi connectivity index (χ1) is 16.3. The molecule has 2 heterocycles. The van der Waals surface area contributed by atoms with E-state index in [9.17, 15) is 23.6 Å². The molecule has 1 aromatic carbocycles. The number of ether oxygens (including phenoxy) is 1. The quantitative estimate of drug-likeness (QED) is 0.643. The summed E-state index contributed by atoms with van der Waals surface area (Å²) < 4.78 is 34.9. The Labute approximate surface area is 195 Å². The van der Waals surface area contributed by atoms with Crippen molar-refractivity contribution in [1.82, 2.24) is 9.88 Å². The van der Waals surface area contributed by atoms with Gasteiger partial charge in [0, 0.05) is 42.8 Å². The summed E-state index contributed by atoms with van der Waals surface area (Å²) in [5, 5.41) is 21.3. The molecule has 1 saturated heterocycles. The van der Waals surface area contributed by atoms with Gasteiger partial charge < -0.3 is 20.1 Å². The summed E-state index contributed by atoms with van der Waals surface area (Å²) in [7, 11) is 0. The molecule has 2 fully saturated rings. The average molecular weight is 470 g/mol. The summed E-state index contributed by atoms with van der Waals surface area (Å²) in [5.74, 6) is -3.82. The Hall–Kier alpha value is -3.58. The number of aliphatic hydroxyl groups is 1. The minimum absolute atomic E-state index is 0.0178. The third-order valence-corrected chi connectivity index (χ3v) is 5.85. The predicted octanol–water partition coefficient (Wildman–Crippen LogP) is 2.97. The van der Waals surface area contributed by atoms with Crippen molar-refractivity contribution in [2.24, 2.45) is 5.92 Å². The van der Waals surface area contributed by atoms with Crippen molar-refractivity contribution in [1.29, 1.82) is 5.26 Å². The van der Waals surface area contributed by atoms with E-state index in [1.807, 2.05) is 6.07 Å². The van der Waals surface area contributed by atoms with Gasteiger partial charge in [0.25, 0.3) is 0 Å². The first-order valence-electron chi connectivity index (χ1n) is 11.1. The molecule has 1 aliphatic carbocycles. The number of anilines is 1. The van der Waals surface area contributed by atoms with E-state index in [4.69, 9.17) is 9.84 Å². The van der Waals surface area contributed by atoms with Crippen LogP contribution in [0.15, 0.2) is 36.5 Å². The van der Waals surface area contributed by atoms with Gasteiger partial charge in [-0.1, -0.05) is 0 Å². The van der Waals surface area contributed by atoms with Gasteiger partial charge >= 0.3 is 5.92 Å². The van der Waals surface area contributed by atoms with Crippen molar-refractivity contribution in [3.05, 3.63) is 42.1 Å². The van der Waals surface area contributed by atoms with Gasteiger partial charge in [-0.05, 0) is 43.2 Å². The number of amides is 2. The number of pyridine rings is 1. The van der Waals surface area contributed by atoms with Crippen LogP contribution >= 0.6 is 0 Å². The second-order valence-corrected chi connectivity index (χ2v) is 8.46. The van der Waals surface area contributed by atoms with Crippen LogP contribution in [0.2, 0.25) is 0 Å². The van der Waals surface area contributed by atoms with E-state index >= 15 is 0 Å². The molecule has 1 saturated carbocycles. The number of benzene rings is 1. The summed E-state index contributed by atoms with van der Waals surface area (Å²) in [6.45, 7) is -1.13. The second kappa shape index (κ2) is 9.73. The number of carbonyl (C=O) groups excluding carboxylic acids is 2. The Morgan fingerprint density at radius 3 is 2.74 bits per heavy atom. The highest BCUT2D eigenvalue weighted by atomic mass is 19.3. The molecule has 178 valence electrons. The standard InChI is InChI=1S/C24H24F2N4O4/c25-24(26)14-30(22(32)7-10-31)9-6-21(24)34-20-4-3-16(11-17(20)13-27)19-12-18(5-8-28-19)29-23(33)15-1-2-15/h3-5,8,11-12,15,21,31H,1-2,6-7,9-10,14H2,(H,28,29,33)/t21-/m0/s1. The molecule has 2 aromatic rings. The van der Waals surface area contributed by atoms with E-state index in [1.165, 1.54) is 12.1 Å². The average Bonchev–Trinajstić information content (AvgIpc) is 3.66. The molecular formula is C24H24F2N4O4. The molecule has 34 heavy (non-hydrogen) atoms. The minimum Gasteiger partial charge on any atom is -0.483 e. The Balaban J connectivity index is 1.48. The number of halogens is 2. The third kappa shape index (κ3) is 5.31. The number of alkyl halides is 2. The molecule has 1 aliphatic heterocycles. The second-order valence-electron chi connectivity index (χ2n) is 8.46. The molecule has 2 N–H and O–H groups in total. The first-order valence-corrected chi connectivity index (χ1v) is 11.1. The monoisotopic (exact) mass is 470 g/mol. The van der Waals surface area contributed by atoms with E-state index in [0.717, 1.165) is 17.7 Å². The van der Waals surface area contributed by atoms with E-state index < -0.39 is 31.1 Å². The molecule has 1 atom stereocenters. The summed E-state index contributed by atoms with van der Waals surface area (Å²) >= 11 is 0. The Kier molecular flexibility index (Phi) is 6.75. The van der Waals surface area contributed by atoms with Crippen LogP contribution in [0.1, 0.15) is 31.2 Å². The Morgan fingerprint density at radius 2 is 2.06 bits per heavy atom. The summed E-state index contributed by atoms with van der Waals surface area (Å²) in [4.78, 5) is 29.2. The molecule has 0 spiro atoms. The largest absolute Gasteiger partial charge is 0.483 e. The Bertz CT molecular complexity index is 1130. The van der Waals surface area contributed by atoms with Gasteiger partial charge in [0.15, 0.2) is 6.10 Å². The number of hydrogen-bond donors (Lipinski definition) is 2. The van der Waals surface area contributed by atoms with Gasteiger partial charge in [-0.3, -0.25) is 14.6 Å². The summed E-state index contributed by atoms with van der Waals surface area (Å²) in [6.07, 6.45) is 1.49. The zero-order valence-corrected chi connectivity index (χ0v) is 18.3. The fourth-order valence-electron chi connectivity index (χ4n) is 3.82. The zero-order valence-electron chi connectivity index (χ0n) is 18.3. The number of carbonyl (C=O) groups is 2. The normalized spacial score (nSPS) is 19.2. The number of nitrogens with one attached hydrogen (secondary N) is 1. The van der Waals surface area contributed by atoms with Crippen molar-refractivity contribution >= 4 is 17.5 Å². The third-order valence-electron chi connectivity index (χ3n) is 5.85. The number of nitriles is 1. The van der Waals surface area contributed by atoms with Crippen molar-refractivity contribution in [2.75, 3.05) is 25.0 Å². The molecular weight excluding hydrogens is 446 g/mol. The molecule has 0 bridgehead atoms. The molecule has 2 aliphatic rings. The highest BCUT2D eigenvalue weighted by molar-refractivity contribution is 5.94. The summed E-state index contributed by atoms with van der Waals surface area (Å²) in [5.41, 5.74) is 1.74. The molecule has 1 aromatic heterocycles. The van der Waals surface area contributed by atoms with Gasteiger partial charge in [0.1, 0.15) is 11.8 Å². The van der Waals surface area contributed by atoms with Crippen LogP contribution in [0.5, 0.6) is 5.75 Å². The smallest absolute Gasteiger partial charge is 0.301 e. The first kappa shape index (κ1) is 23.6. The lowest BCUT2D eigenvalue weighted by atomic mass is 10.0. The van der Waals surface area contributed by atoms with Crippen molar-refractivity contribution in [3.8, 4) is 23.1 Å². The topological polar surface area (TPSA) is 116 Å². The van der Waals surface area contributed by atoms with Gasteiger partial charge in [-0.15, -0.1) is 0 Å². The van der Waals surface area contributed by atoms with Crippen LogP contribution in [0.4, 0.5) is 14.5 Å². The number of nitrogens with zero attached hydrogens (tertiary/aromatic N) is 3. The number of piperidine rings is 1. The number of likely N-dealkylation sites (tertiary alicyclic amines) is 1. The fourth-order valence-corrected chi connectivity index (χ4v) is 3.82. The van der Waals surface area contributed by atoms with E-state index in [-0.39, 0.29) is 42.5 Å². The molecule has 8 nitrogen and oxygen atoms in total. The molecule has 0 unspecified atom stereocenters. The fraction of sp³-hybridized carbons (Fsp3) is 0.417. The van der Waals surface area contributed by atoms with Gasteiger partial charge in [-0.2, -0.15) is 5.26 Å². The lowest BCUT2D eigenvalue weighted by molar-refractivity contribution is -0.160. The zero-order chi connectivity index (χ0) is 24.3. The number of aliphatic hydroxyl groups excluding tert-OH is 1. The lowest BCUT2D eigenvalue weighted by Gasteiger charge is -2.38. The van der Waals surface area contributed by atoms with E-state index in [1.54, 1.807) is 24.4 Å². The van der Waals surface area contributed by atoms with Crippen molar-refractivity contribution < 1.29 is 28.2 Å². The Morgan fingerprint density at radius 1 is 1.26 bits per heavy atom. The van der Waals surface area contributed by atoms with Crippen molar-refractivity contribution in [2.45, 2.75) is 37.7 Å². The van der Waals surface area contributed by atoms with Gasteiger partial charge in [0.2, 0.25) is 11.8 Å². The molecule has 10 heteroatoms. The minimum atomic E-state index is -3.32. The molecule has 0 radical (unpaired) electrons. The van der Waals surface area contributed by atoms with Crippen LogP contribution in [-0.4, -0.2) is 58.5 Å².